The van der Waals surface area contributed by atoms with Crippen LogP contribution in [-0.4, -0.2) is 23.1 Å². The number of nitrogens with one attached hydrogen (secondary N) is 1. The van der Waals surface area contributed by atoms with Gasteiger partial charge in [0.15, 0.2) is 5.75 Å². The summed E-state index contributed by atoms with van der Waals surface area (Å²) in [5.41, 5.74) is 0.871. The first kappa shape index (κ1) is 17.7. The Bertz CT molecular complexity index is 869. The van der Waals surface area contributed by atoms with Gasteiger partial charge < -0.3 is 10.1 Å². The van der Waals surface area contributed by atoms with Crippen molar-refractivity contribution in [2.75, 3.05) is 18.5 Å². The maximum atomic E-state index is 6.14. The van der Waals surface area contributed by atoms with Crippen LogP contribution in [0.15, 0.2) is 45.6 Å². The van der Waals surface area contributed by atoms with E-state index in [4.69, 9.17) is 27.9 Å². The average molecular weight is 492 g/mol. The number of fused-ring (bicyclic) bond motifs is 1. The van der Waals surface area contributed by atoms with Gasteiger partial charge in [-0.2, -0.15) is 0 Å². The molecule has 0 unspecified atom stereocenters. The normalized spacial score (nSPS) is 10.8. The summed E-state index contributed by atoms with van der Waals surface area (Å²) in [7, 11) is 0. The van der Waals surface area contributed by atoms with Crippen LogP contribution in [0.4, 0.5) is 5.82 Å². The Morgan fingerprint density at radius 3 is 2.50 bits per heavy atom. The largest absolute Gasteiger partial charge is 0.489 e. The van der Waals surface area contributed by atoms with Gasteiger partial charge in [-0.3, -0.25) is 0 Å². The average Bonchev–Trinajstić information content (AvgIpc) is 2.53. The third-order valence-corrected chi connectivity index (χ3v) is 4.71. The van der Waals surface area contributed by atoms with E-state index in [1.807, 2.05) is 18.2 Å². The Morgan fingerprint density at radius 1 is 1.00 bits per heavy atom. The zero-order valence-corrected chi connectivity index (χ0v) is 16.9. The molecule has 0 aliphatic carbocycles. The van der Waals surface area contributed by atoms with Crippen LogP contribution in [0.5, 0.6) is 5.75 Å². The predicted octanol–water partition coefficient (Wildman–Crippen LogP) is 5.95. The van der Waals surface area contributed by atoms with E-state index >= 15 is 0 Å². The second-order valence-corrected chi connectivity index (χ2v) is 7.50. The molecule has 0 radical (unpaired) electrons. The monoisotopic (exact) mass is 489 g/mol. The van der Waals surface area contributed by atoms with Crippen LogP contribution in [0.1, 0.15) is 0 Å². The number of aromatic nitrogens is 2. The molecule has 3 aromatic rings. The lowest BCUT2D eigenvalue weighted by Crippen LogP contribution is -2.13. The molecule has 1 aromatic heterocycles. The van der Waals surface area contributed by atoms with Crippen LogP contribution in [0.2, 0.25) is 10.0 Å². The van der Waals surface area contributed by atoms with E-state index in [0.29, 0.717) is 28.9 Å². The molecule has 1 heterocycles. The minimum atomic E-state index is 0.389. The zero-order valence-electron chi connectivity index (χ0n) is 12.2. The first-order chi connectivity index (χ1) is 11.5. The van der Waals surface area contributed by atoms with Crippen molar-refractivity contribution in [2.24, 2.45) is 0 Å². The minimum absolute atomic E-state index is 0.389. The summed E-state index contributed by atoms with van der Waals surface area (Å²) >= 11 is 19.1. The Hall–Kier alpha value is -1.08. The van der Waals surface area contributed by atoms with Crippen molar-refractivity contribution in [1.29, 1.82) is 0 Å². The first-order valence-corrected chi connectivity index (χ1v) is 9.30. The van der Waals surface area contributed by atoms with E-state index in [2.05, 4.69) is 47.1 Å². The summed E-state index contributed by atoms with van der Waals surface area (Å²) in [6.45, 7) is 0.932. The summed E-state index contributed by atoms with van der Waals surface area (Å²) in [6.07, 6.45) is 1.53. The fourth-order valence-electron chi connectivity index (χ4n) is 2.16. The van der Waals surface area contributed by atoms with Crippen molar-refractivity contribution in [3.05, 3.63) is 55.6 Å². The van der Waals surface area contributed by atoms with Crippen LogP contribution < -0.4 is 10.1 Å². The molecular formula is C16H11Br2Cl2N3O. The number of hydrogen-bond acceptors (Lipinski definition) is 4. The molecule has 124 valence electrons. The van der Waals surface area contributed by atoms with Crippen molar-refractivity contribution in [3.8, 4) is 5.75 Å². The highest BCUT2D eigenvalue weighted by atomic mass is 79.9. The van der Waals surface area contributed by atoms with Gasteiger partial charge in [0, 0.05) is 14.3 Å². The van der Waals surface area contributed by atoms with Crippen LogP contribution >= 0.6 is 55.1 Å². The van der Waals surface area contributed by atoms with Gasteiger partial charge in [0.2, 0.25) is 0 Å². The molecule has 0 amide bonds. The van der Waals surface area contributed by atoms with Crippen LogP contribution in [0.25, 0.3) is 10.9 Å². The molecule has 2 aromatic carbocycles. The van der Waals surface area contributed by atoms with Crippen molar-refractivity contribution in [3.63, 3.8) is 0 Å². The molecule has 0 bridgehead atoms. The zero-order chi connectivity index (χ0) is 17.1. The molecule has 0 saturated heterocycles. The van der Waals surface area contributed by atoms with Gasteiger partial charge in [-0.05, 0) is 30.3 Å². The smallest absolute Gasteiger partial charge is 0.156 e. The molecule has 0 saturated carbocycles. The van der Waals surface area contributed by atoms with E-state index in [1.54, 1.807) is 12.1 Å². The fraction of sp³-hybridized carbons (Fsp3) is 0.125. The van der Waals surface area contributed by atoms with Crippen molar-refractivity contribution < 1.29 is 4.74 Å². The Kier molecular flexibility index (Phi) is 5.81. The second kappa shape index (κ2) is 7.87. The van der Waals surface area contributed by atoms with Gasteiger partial charge in [-0.25, -0.2) is 9.97 Å². The quantitative estimate of drug-likeness (QED) is 0.448. The molecule has 0 spiro atoms. The molecule has 4 nitrogen and oxygen atoms in total. The van der Waals surface area contributed by atoms with Gasteiger partial charge in [0.25, 0.3) is 0 Å². The lowest BCUT2D eigenvalue weighted by molar-refractivity contribution is 0.333. The summed E-state index contributed by atoms with van der Waals surface area (Å²) in [5.74, 6) is 1.22. The van der Waals surface area contributed by atoms with Crippen LogP contribution in [0.3, 0.4) is 0 Å². The van der Waals surface area contributed by atoms with Crippen LogP contribution in [0, 0.1) is 0 Å². The first-order valence-electron chi connectivity index (χ1n) is 6.96. The standard InChI is InChI=1S/C16H11Br2Cl2N3O/c17-9-1-2-14-11(5-9)16(23-8-22-14)21-3-4-24-15-12(19)6-10(18)7-13(15)20/h1-2,5-8H,3-4H2,(H,21,22,23). The molecular weight excluding hydrogens is 481 g/mol. The van der Waals surface area contributed by atoms with Gasteiger partial charge in [-0.1, -0.05) is 55.1 Å². The van der Waals surface area contributed by atoms with Crippen molar-refractivity contribution in [1.82, 2.24) is 9.97 Å². The Labute approximate surface area is 165 Å². The Morgan fingerprint density at radius 2 is 1.75 bits per heavy atom. The number of rotatable bonds is 5. The molecule has 3 rings (SSSR count). The molecule has 0 fully saturated rings. The second-order valence-electron chi connectivity index (χ2n) is 4.86. The molecule has 8 heteroatoms. The van der Waals surface area contributed by atoms with Crippen molar-refractivity contribution in [2.45, 2.75) is 0 Å². The topological polar surface area (TPSA) is 47.0 Å². The molecule has 1 N–H and O–H groups in total. The number of ether oxygens (including phenoxy) is 1. The van der Waals surface area contributed by atoms with E-state index in [1.165, 1.54) is 6.33 Å². The molecule has 0 aliphatic heterocycles. The summed E-state index contributed by atoms with van der Waals surface area (Å²) in [6, 6.07) is 9.34. The highest BCUT2D eigenvalue weighted by Crippen LogP contribution is 2.35. The van der Waals surface area contributed by atoms with E-state index in [0.717, 1.165) is 25.7 Å². The number of nitrogens with zero attached hydrogens (tertiary/aromatic N) is 2. The van der Waals surface area contributed by atoms with E-state index in [9.17, 15) is 0 Å². The Balaban J connectivity index is 1.67. The SMILES string of the molecule is Clc1cc(Br)cc(Cl)c1OCCNc1ncnc2ccc(Br)cc12. The highest BCUT2D eigenvalue weighted by molar-refractivity contribution is 9.10. The number of halogens is 4. The summed E-state index contributed by atoms with van der Waals surface area (Å²) in [5, 5.41) is 5.11. The summed E-state index contributed by atoms with van der Waals surface area (Å²) in [4.78, 5) is 8.53. The van der Waals surface area contributed by atoms with Crippen LogP contribution in [-0.2, 0) is 0 Å². The third-order valence-electron chi connectivity index (χ3n) is 3.20. The molecule has 0 aliphatic rings. The minimum Gasteiger partial charge on any atom is -0.489 e. The number of anilines is 1. The van der Waals surface area contributed by atoms with Gasteiger partial charge in [-0.15, -0.1) is 0 Å². The van der Waals surface area contributed by atoms with Gasteiger partial charge in [0.05, 0.1) is 22.1 Å². The molecule has 24 heavy (non-hydrogen) atoms. The molecule has 0 atom stereocenters. The number of hydrogen-bond donors (Lipinski definition) is 1. The van der Waals surface area contributed by atoms with Crippen molar-refractivity contribution >= 4 is 71.8 Å². The fourth-order valence-corrected chi connectivity index (χ4v) is 3.84. The van der Waals surface area contributed by atoms with Gasteiger partial charge >= 0.3 is 0 Å². The maximum absolute atomic E-state index is 6.14. The van der Waals surface area contributed by atoms with E-state index in [-0.39, 0.29) is 0 Å². The van der Waals surface area contributed by atoms with Gasteiger partial charge in [0.1, 0.15) is 18.8 Å². The number of benzene rings is 2. The summed E-state index contributed by atoms with van der Waals surface area (Å²) < 4.78 is 7.46. The lowest BCUT2D eigenvalue weighted by Gasteiger charge is -2.12. The lowest BCUT2D eigenvalue weighted by atomic mass is 10.2. The third kappa shape index (κ3) is 4.11. The van der Waals surface area contributed by atoms with E-state index < -0.39 is 0 Å². The maximum Gasteiger partial charge on any atom is 0.156 e. The highest BCUT2D eigenvalue weighted by Gasteiger charge is 2.09. The predicted molar refractivity (Wildman–Crippen MR) is 105 cm³/mol.